The van der Waals surface area contributed by atoms with Crippen LogP contribution in [0.1, 0.15) is 19.3 Å². The number of nitrogens with one attached hydrogen (secondary N) is 1. The van der Waals surface area contributed by atoms with Crippen molar-refractivity contribution in [2.24, 2.45) is 17.8 Å². The Morgan fingerprint density at radius 2 is 1.95 bits per heavy atom. The molecule has 0 spiro atoms. The minimum atomic E-state index is -5.29. The Morgan fingerprint density at radius 1 is 1.29 bits per heavy atom. The van der Waals surface area contributed by atoms with E-state index in [1.165, 1.54) is 0 Å². The van der Waals surface area contributed by atoms with Crippen molar-refractivity contribution in [3.8, 4) is 0 Å². The highest BCUT2D eigenvalue weighted by Crippen LogP contribution is 2.49. The average Bonchev–Trinajstić information content (AvgIpc) is 2.94. The summed E-state index contributed by atoms with van der Waals surface area (Å²) < 4.78 is 65.3. The van der Waals surface area contributed by atoms with E-state index < -0.39 is 21.5 Å². The molecule has 4 unspecified atom stereocenters. The van der Waals surface area contributed by atoms with Crippen molar-refractivity contribution >= 4 is 16.0 Å². The second kappa shape index (κ2) is 5.60. The van der Waals surface area contributed by atoms with Crippen molar-refractivity contribution in [2.75, 3.05) is 6.54 Å². The zero-order chi connectivity index (χ0) is 15.8. The number of carbonyl (C=O) groups is 1. The number of rotatable bonds is 5. The largest absolute Gasteiger partial charge is 0.511 e. The third-order valence-corrected chi connectivity index (χ3v) is 5.37. The summed E-state index contributed by atoms with van der Waals surface area (Å²) in [4.78, 5) is 11.1. The van der Waals surface area contributed by atoms with Gasteiger partial charge >= 0.3 is 21.5 Å². The van der Waals surface area contributed by atoms with Gasteiger partial charge in [-0.3, -0.25) is 0 Å². The standard InChI is InChI=1S/C12H16F3NO4S/c1-2-11(17)20-10-5-7-3-8(10)4-9(7)6-16-21(18,19)12(13,14)15/h2,7-10,16H,1,3-6H2. The van der Waals surface area contributed by atoms with Crippen LogP contribution in [0.3, 0.4) is 0 Å². The molecule has 2 aliphatic rings. The van der Waals surface area contributed by atoms with Gasteiger partial charge in [0, 0.05) is 12.6 Å². The minimum Gasteiger partial charge on any atom is -0.459 e. The Kier molecular flexibility index (Phi) is 4.34. The Balaban J connectivity index is 1.86. The predicted octanol–water partition coefficient (Wildman–Crippen LogP) is 1.57. The third kappa shape index (κ3) is 3.39. The topological polar surface area (TPSA) is 72.5 Å². The van der Waals surface area contributed by atoms with Crippen molar-refractivity contribution < 1.29 is 31.1 Å². The van der Waals surface area contributed by atoms with Gasteiger partial charge in [-0.05, 0) is 37.0 Å². The lowest BCUT2D eigenvalue weighted by Crippen LogP contribution is -2.40. The molecule has 0 amide bonds. The van der Waals surface area contributed by atoms with Gasteiger partial charge in [0.2, 0.25) is 0 Å². The summed E-state index contributed by atoms with van der Waals surface area (Å²) in [7, 11) is -5.29. The molecule has 2 rings (SSSR count). The molecule has 0 aromatic rings. The Labute approximate surface area is 120 Å². The average molecular weight is 327 g/mol. The Morgan fingerprint density at radius 3 is 2.43 bits per heavy atom. The van der Waals surface area contributed by atoms with E-state index in [0.717, 1.165) is 12.5 Å². The maximum Gasteiger partial charge on any atom is 0.511 e. The van der Waals surface area contributed by atoms with Gasteiger partial charge < -0.3 is 4.74 Å². The summed E-state index contributed by atoms with van der Waals surface area (Å²) in [6.07, 6.45) is 2.69. The summed E-state index contributed by atoms with van der Waals surface area (Å²) in [6, 6.07) is 0. The predicted molar refractivity (Wildman–Crippen MR) is 67.4 cm³/mol. The normalized spacial score (nSPS) is 32.1. The van der Waals surface area contributed by atoms with Crippen LogP contribution < -0.4 is 4.72 Å². The number of hydrogen-bond acceptors (Lipinski definition) is 4. The van der Waals surface area contributed by atoms with Gasteiger partial charge in [0.1, 0.15) is 6.10 Å². The lowest BCUT2D eigenvalue weighted by molar-refractivity contribution is -0.145. The SMILES string of the molecule is C=CC(=O)OC1CC2CC1CC2CNS(=O)(=O)C(F)(F)F. The molecule has 120 valence electrons. The van der Waals surface area contributed by atoms with E-state index in [-0.39, 0.29) is 30.4 Å². The first-order valence-corrected chi connectivity index (χ1v) is 8.01. The van der Waals surface area contributed by atoms with E-state index in [1.807, 2.05) is 0 Å². The van der Waals surface area contributed by atoms with Crippen LogP contribution in [-0.4, -0.2) is 32.5 Å². The van der Waals surface area contributed by atoms with E-state index >= 15 is 0 Å². The molecule has 0 aromatic carbocycles. The van der Waals surface area contributed by atoms with Crippen LogP contribution in [-0.2, 0) is 19.6 Å². The molecule has 0 heterocycles. The lowest BCUT2D eigenvalue weighted by atomic mass is 9.87. The zero-order valence-corrected chi connectivity index (χ0v) is 11.9. The molecular weight excluding hydrogens is 311 g/mol. The number of halogens is 3. The number of alkyl halides is 3. The Hall–Kier alpha value is -1.09. The van der Waals surface area contributed by atoms with Crippen molar-refractivity contribution in [1.29, 1.82) is 0 Å². The number of sulfonamides is 1. The monoisotopic (exact) mass is 327 g/mol. The van der Waals surface area contributed by atoms with E-state index in [1.54, 1.807) is 4.72 Å². The number of esters is 1. The van der Waals surface area contributed by atoms with Crippen LogP contribution in [0.4, 0.5) is 13.2 Å². The van der Waals surface area contributed by atoms with Crippen molar-refractivity contribution in [2.45, 2.75) is 30.9 Å². The molecule has 0 aliphatic heterocycles. The van der Waals surface area contributed by atoms with Crippen LogP contribution in [0.5, 0.6) is 0 Å². The van der Waals surface area contributed by atoms with E-state index in [9.17, 15) is 26.4 Å². The molecule has 0 radical (unpaired) electrons. The van der Waals surface area contributed by atoms with Gasteiger partial charge in [-0.25, -0.2) is 17.9 Å². The number of hydrogen-bond donors (Lipinski definition) is 1. The van der Waals surface area contributed by atoms with Gasteiger partial charge in [0.05, 0.1) is 0 Å². The molecule has 2 aliphatic carbocycles. The van der Waals surface area contributed by atoms with E-state index in [0.29, 0.717) is 12.8 Å². The third-order valence-electron chi connectivity index (χ3n) is 4.21. The Bertz CT molecular complexity index is 531. The quantitative estimate of drug-likeness (QED) is 0.614. The fourth-order valence-electron chi connectivity index (χ4n) is 3.23. The van der Waals surface area contributed by atoms with E-state index in [2.05, 4.69) is 6.58 Å². The first kappa shape index (κ1) is 16.3. The summed E-state index contributed by atoms with van der Waals surface area (Å²) >= 11 is 0. The molecule has 2 saturated carbocycles. The fourth-order valence-corrected chi connectivity index (χ4v) is 3.83. The second-order valence-corrected chi connectivity index (χ2v) is 7.22. The smallest absolute Gasteiger partial charge is 0.459 e. The van der Waals surface area contributed by atoms with Gasteiger partial charge in [-0.15, -0.1) is 0 Å². The number of ether oxygens (including phenoxy) is 1. The fraction of sp³-hybridized carbons (Fsp3) is 0.750. The summed E-state index contributed by atoms with van der Waals surface area (Å²) in [5.41, 5.74) is -5.29. The molecule has 2 fully saturated rings. The molecule has 4 atom stereocenters. The van der Waals surface area contributed by atoms with Gasteiger partial charge in [0.15, 0.2) is 0 Å². The van der Waals surface area contributed by atoms with E-state index in [4.69, 9.17) is 4.74 Å². The molecule has 0 saturated heterocycles. The van der Waals surface area contributed by atoms with Crippen LogP contribution >= 0.6 is 0 Å². The first-order chi connectivity index (χ1) is 9.64. The maximum atomic E-state index is 12.2. The molecule has 1 N–H and O–H groups in total. The first-order valence-electron chi connectivity index (χ1n) is 6.53. The molecule has 0 aromatic heterocycles. The van der Waals surface area contributed by atoms with Crippen molar-refractivity contribution in [3.63, 3.8) is 0 Å². The van der Waals surface area contributed by atoms with Gasteiger partial charge in [0.25, 0.3) is 0 Å². The number of fused-ring (bicyclic) bond motifs is 2. The van der Waals surface area contributed by atoms with Crippen molar-refractivity contribution in [1.82, 2.24) is 4.72 Å². The zero-order valence-electron chi connectivity index (χ0n) is 11.1. The van der Waals surface area contributed by atoms with Crippen molar-refractivity contribution in [3.05, 3.63) is 12.7 Å². The highest BCUT2D eigenvalue weighted by Gasteiger charge is 2.50. The molecule has 9 heteroatoms. The lowest BCUT2D eigenvalue weighted by Gasteiger charge is -2.27. The van der Waals surface area contributed by atoms with Crippen LogP contribution in [0, 0.1) is 17.8 Å². The number of carbonyl (C=O) groups excluding carboxylic acids is 1. The van der Waals surface area contributed by atoms with Crippen LogP contribution in [0.2, 0.25) is 0 Å². The molecule has 21 heavy (non-hydrogen) atoms. The van der Waals surface area contributed by atoms with Gasteiger partial charge in [-0.1, -0.05) is 6.58 Å². The highest BCUT2D eigenvalue weighted by atomic mass is 32.2. The molecular formula is C12H16F3NO4S. The second-order valence-electron chi connectivity index (χ2n) is 5.46. The highest BCUT2D eigenvalue weighted by molar-refractivity contribution is 7.90. The summed E-state index contributed by atoms with van der Waals surface area (Å²) in [6.45, 7) is 3.07. The molecule has 2 bridgehead atoms. The summed E-state index contributed by atoms with van der Waals surface area (Å²) in [5.74, 6) is -0.500. The minimum absolute atomic E-state index is 0.0774. The van der Waals surface area contributed by atoms with Crippen LogP contribution in [0.15, 0.2) is 12.7 Å². The molecule has 5 nitrogen and oxygen atoms in total. The van der Waals surface area contributed by atoms with Gasteiger partial charge in [-0.2, -0.15) is 13.2 Å². The van der Waals surface area contributed by atoms with Crippen LogP contribution in [0.25, 0.3) is 0 Å². The summed E-state index contributed by atoms with van der Waals surface area (Å²) in [5, 5.41) is 0. The maximum absolute atomic E-state index is 12.2.